The quantitative estimate of drug-likeness (QED) is 0.507. The number of carbonyl (C=O) groups excluding carboxylic acids is 2. The molecular weight excluding hydrogens is 384 g/mol. The molecule has 0 aromatic carbocycles. The Balaban J connectivity index is 1.70. The van der Waals surface area contributed by atoms with Gasteiger partial charge in [0.05, 0.1) is 6.10 Å². The highest BCUT2D eigenvalue weighted by Crippen LogP contribution is 2.68. The van der Waals surface area contributed by atoms with Crippen molar-refractivity contribution in [1.82, 2.24) is 0 Å². The maximum absolute atomic E-state index is 13.0. The summed E-state index contributed by atoms with van der Waals surface area (Å²) in [6.45, 7) is 6.11. The number of hydrogen-bond donors (Lipinski definition) is 2. The van der Waals surface area contributed by atoms with Gasteiger partial charge in [-0.05, 0) is 74.7 Å². The fourth-order valence-corrected chi connectivity index (χ4v) is 7.80. The number of fused-ring (bicyclic) bond motifs is 5. The van der Waals surface area contributed by atoms with Crippen LogP contribution in [0.2, 0.25) is 0 Å². The normalized spacial score (nSPS) is 45.4. The molecule has 4 aliphatic rings. The third kappa shape index (κ3) is 2.98. The first-order valence-electron chi connectivity index (χ1n) is 11.5. The lowest BCUT2D eigenvalue weighted by Crippen LogP contribution is -2.63. The van der Waals surface area contributed by atoms with E-state index in [2.05, 4.69) is 13.8 Å². The van der Waals surface area contributed by atoms with Crippen molar-refractivity contribution in [2.24, 2.45) is 28.6 Å². The molecule has 4 aliphatic carbocycles. The molecule has 7 atom stereocenters. The zero-order chi connectivity index (χ0) is 21.7. The van der Waals surface area contributed by atoms with E-state index >= 15 is 0 Å². The van der Waals surface area contributed by atoms with Gasteiger partial charge in [-0.1, -0.05) is 19.4 Å². The average molecular weight is 421 g/mol. The summed E-state index contributed by atoms with van der Waals surface area (Å²) >= 11 is 0. The van der Waals surface area contributed by atoms with Gasteiger partial charge in [0, 0.05) is 18.4 Å². The topological polar surface area (TPSA) is 93.1 Å². The van der Waals surface area contributed by atoms with Gasteiger partial charge in [-0.3, -0.25) is 9.59 Å². The molecule has 0 radical (unpaired) electrons. The molecule has 6 nitrogen and oxygen atoms in total. The third-order valence-corrected chi connectivity index (χ3v) is 9.20. The number of ether oxygens (including phenoxy) is 2. The molecule has 0 saturated heterocycles. The van der Waals surface area contributed by atoms with E-state index in [1.54, 1.807) is 0 Å². The van der Waals surface area contributed by atoms with E-state index in [9.17, 15) is 19.8 Å². The number of aliphatic hydroxyl groups excluding tert-OH is 2. The van der Waals surface area contributed by atoms with Crippen molar-refractivity contribution in [2.45, 2.75) is 77.4 Å². The van der Waals surface area contributed by atoms with E-state index in [1.165, 1.54) is 5.57 Å². The minimum absolute atomic E-state index is 0.0153. The van der Waals surface area contributed by atoms with Crippen LogP contribution >= 0.6 is 0 Å². The maximum atomic E-state index is 13.0. The molecule has 2 N–H and O–H groups in total. The predicted molar refractivity (Wildman–Crippen MR) is 111 cm³/mol. The van der Waals surface area contributed by atoms with Gasteiger partial charge < -0.3 is 19.7 Å². The molecule has 0 amide bonds. The van der Waals surface area contributed by atoms with Crippen molar-refractivity contribution >= 4 is 11.6 Å². The summed E-state index contributed by atoms with van der Waals surface area (Å²) in [7, 11) is 0. The minimum atomic E-state index is -1.12. The second kappa shape index (κ2) is 7.80. The van der Waals surface area contributed by atoms with E-state index in [-0.39, 0.29) is 41.5 Å². The number of aliphatic hydroxyl groups is 2. The van der Waals surface area contributed by atoms with Crippen LogP contribution in [0.25, 0.3) is 0 Å². The molecule has 3 saturated carbocycles. The van der Waals surface area contributed by atoms with Gasteiger partial charge in [0.25, 0.3) is 0 Å². The molecule has 0 aromatic rings. The Bertz CT molecular complexity index is 746. The van der Waals surface area contributed by atoms with Gasteiger partial charge in [0.15, 0.2) is 11.6 Å². The second-order valence-electron chi connectivity index (χ2n) is 10.3. The summed E-state index contributed by atoms with van der Waals surface area (Å²) in [5.41, 5.74) is -0.624. The lowest BCUT2D eigenvalue weighted by molar-refractivity contribution is -0.219. The summed E-state index contributed by atoms with van der Waals surface area (Å²) in [5.74, 6) is 0.505. The average Bonchev–Trinajstić information content (AvgIpc) is 3.00. The molecule has 0 aliphatic heterocycles. The smallest absolute Gasteiger partial charge is 0.190 e. The van der Waals surface area contributed by atoms with Crippen LogP contribution < -0.4 is 0 Å². The predicted octanol–water partition coefficient (Wildman–Crippen LogP) is 2.80. The zero-order valence-corrected chi connectivity index (χ0v) is 18.5. The van der Waals surface area contributed by atoms with Crippen molar-refractivity contribution in [1.29, 1.82) is 0 Å². The number of allylic oxidation sites excluding steroid dienone is 1. The molecule has 0 unspecified atom stereocenters. The highest BCUT2D eigenvalue weighted by Gasteiger charge is 2.69. The molecule has 0 heterocycles. The van der Waals surface area contributed by atoms with Crippen LogP contribution in [0.4, 0.5) is 0 Å². The van der Waals surface area contributed by atoms with E-state index in [0.29, 0.717) is 25.9 Å². The van der Waals surface area contributed by atoms with Gasteiger partial charge in [-0.25, -0.2) is 0 Å². The molecule has 0 bridgehead atoms. The Hall–Kier alpha value is -1.08. The Morgan fingerprint density at radius 2 is 2.00 bits per heavy atom. The van der Waals surface area contributed by atoms with Crippen molar-refractivity contribution < 1.29 is 29.3 Å². The van der Waals surface area contributed by atoms with Gasteiger partial charge in [0.1, 0.15) is 19.0 Å². The van der Waals surface area contributed by atoms with Crippen LogP contribution in [-0.2, 0) is 19.1 Å². The summed E-state index contributed by atoms with van der Waals surface area (Å²) in [6.07, 6.45) is 6.26. The van der Waals surface area contributed by atoms with Crippen molar-refractivity contribution in [3.05, 3.63) is 11.6 Å². The Morgan fingerprint density at radius 1 is 1.23 bits per heavy atom. The van der Waals surface area contributed by atoms with Crippen LogP contribution in [0, 0.1) is 28.6 Å². The molecule has 0 aromatic heterocycles. The van der Waals surface area contributed by atoms with Crippen LogP contribution in [0.1, 0.15) is 65.7 Å². The first-order chi connectivity index (χ1) is 14.2. The fraction of sp³-hybridized carbons (Fsp3) is 0.833. The van der Waals surface area contributed by atoms with Gasteiger partial charge in [-0.2, -0.15) is 0 Å². The summed E-state index contributed by atoms with van der Waals surface area (Å²) < 4.78 is 11.5. The van der Waals surface area contributed by atoms with Crippen LogP contribution in [0.3, 0.4) is 0 Å². The minimum Gasteiger partial charge on any atom is -0.393 e. The molecule has 3 fully saturated rings. The highest BCUT2D eigenvalue weighted by atomic mass is 16.7. The van der Waals surface area contributed by atoms with Gasteiger partial charge in [0.2, 0.25) is 0 Å². The van der Waals surface area contributed by atoms with E-state index < -0.39 is 23.7 Å². The number of rotatable bonds is 6. The van der Waals surface area contributed by atoms with Crippen molar-refractivity contribution in [2.75, 3.05) is 20.0 Å². The first-order valence-corrected chi connectivity index (χ1v) is 11.5. The molecule has 30 heavy (non-hydrogen) atoms. The summed E-state index contributed by atoms with van der Waals surface area (Å²) in [5, 5.41) is 21.2. The summed E-state index contributed by atoms with van der Waals surface area (Å²) in [4.78, 5) is 25.1. The molecular formula is C24H36O6. The van der Waals surface area contributed by atoms with Crippen LogP contribution in [0.15, 0.2) is 11.6 Å². The third-order valence-electron chi connectivity index (χ3n) is 9.20. The van der Waals surface area contributed by atoms with E-state index in [0.717, 1.165) is 25.7 Å². The lowest BCUT2D eigenvalue weighted by atomic mass is 9.45. The fourth-order valence-electron chi connectivity index (χ4n) is 7.80. The number of carbonyl (C=O) groups is 2. The Kier molecular flexibility index (Phi) is 5.76. The lowest BCUT2D eigenvalue weighted by Gasteiger charge is -2.61. The summed E-state index contributed by atoms with van der Waals surface area (Å²) in [6, 6.07) is 0. The number of ketones is 2. The second-order valence-corrected chi connectivity index (χ2v) is 10.3. The Labute approximate surface area is 179 Å². The van der Waals surface area contributed by atoms with Crippen LogP contribution in [0.5, 0.6) is 0 Å². The van der Waals surface area contributed by atoms with E-state index in [4.69, 9.17) is 9.47 Å². The SMILES string of the molecule is CCOCO[C@]1(C(=O)CO)CC[C@H]2[C@@H]3CCC4=CC(=O)CC[C@]4(C)[C@H]3[C@@H](O)C[C@@]21C. The van der Waals surface area contributed by atoms with Gasteiger partial charge in [-0.15, -0.1) is 0 Å². The highest BCUT2D eigenvalue weighted by molar-refractivity contribution is 5.92. The van der Waals surface area contributed by atoms with Crippen molar-refractivity contribution in [3.8, 4) is 0 Å². The number of hydrogen-bond acceptors (Lipinski definition) is 6. The largest absolute Gasteiger partial charge is 0.393 e. The molecule has 0 spiro atoms. The number of Topliss-reactive ketones (excluding diaryl/α,β-unsaturated/α-hetero) is 1. The molecule has 168 valence electrons. The maximum Gasteiger partial charge on any atom is 0.190 e. The van der Waals surface area contributed by atoms with Gasteiger partial charge >= 0.3 is 0 Å². The van der Waals surface area contributed by atoms with E-state index in [1.807, 2.05) is 13.0 Å². The Morgan fingerprint density at radius 3 is 2.70 bits per heavy atom. The van der Waals surface area contributed by atoms with Crippen LogP contribution in [-0.4, -0.2) is 53.5 Å². The molecule has 6 heteroatoms. The first kappa shape index (κ1) is 22.1. The molecule has 4 rings (SSSR count). The monoisotopic (exact) mass is 420 g/mol. The standard InChI is InChI=1S/C24H36O6/c1-4-29-14-30-24(20(28)13-25)10-8-18-17-6-5-15-11-16(26)7-9-22(15,2)21(17)19(27)12-23(18,24)3/h11,17-19,21,25,27H,4-10,12-14H2,1-3H3/t17-,18-,19-,21+,22-,23-,24-/m0/s1. The van der Waals surface area contributed by atoms with Crippen molar-refractivity contribution in [3.63, 3.8) is 0 Å². The zero-order valence-electron chi connectivity index (χ0n) is 18.5.